The maximum Gasteiger partial charge on any atom is 0.336 e. The van der Waals surface area contributed by atoms with Crippen molar-refractivity contribution in [3.05, 3.63) is 81.4 Å². The van der Waals surface area contributed by atoms with Gasteiger partial charge in [0.2, 0.25) is 0 Å². The number of carbonyl (C=O) groups excluding carboxylic acids is 1. The molecule has 0 unspecified atom stereocenters. The van der Waals surface area contributed by atoms with Gasteiger partial charge in [-0.05, 0) is 69.2 Å². The van der Waals surface area contributed by atoms with Gasteiger partial charge in [0.15, 0.2) is 0 Å². The number of aryl methyl sites for hydroxylation is 1. The third kappa shape index (κ3) is 4.30. The second-order valence-corrected chi connectivity index (χ2v) is 7.99. The van der Waals surface area contributed by atoms with E-state index in [1.54, 1.807) is 25.3 Å². The van der Waals surface area contributed by atoms with Gasteiger partial charge >= 0.3 is 11.6 Å². The Bertz CT molecular complexity index is 1400. The minimum Gasteiger partial charge on any atom is -0.497 e. The fraction of sp³-hybridized carbons (Fsp3) is 0.231. The van der Waals surface area contributed by atoms with E-state index in [9.17, 15) is 9.59 Å². The first-order valence-corrected chi connectivity index (χ1v) is 10.4. The summed E-state index contributed by atoms with van der Waals surface area (Å²) in [6, 6.07) is 12.3. The first kappa shape index (κ1) is 21.4. The molecule has 2 heterocycles. The molecule has 0 amide bonds. The number of rotatable bonds is 6. The summed E-state index contributed by atoms with van der Waals surface area (Å²) in [6.07, 6.45) is 2.59. The van der Waals surface area contributed by atoms with Crippen molar-refractivity contribution < 1.29 is 18.7 Å². The minimum atomic E-state index is -0.442. The van der Waals surface area contributed by atoms with E-state index in [1.807, 2.05) is 45.0 Å². The van der Waals surface area contributed by atoms with Crippen molar-refractivity contribution in [3.63, 3.8) is 0 Å². The largest absolute Gasteiger partial charge is 0.497 e. The Balaban J connectivity index is 1.69. The van der Waals surface area contributed by atoms with E-state index in [0.717, 1.165) is 38.9 Å². The van der Waals surface area contributed by atoms with Gasteiger partial charge in [0.1, 0.15) is 17.1 Å². The molecule has 0 aliphatic carbocycles. The highest BCUT2D eigenvalue weighted by Gasteiger charge is 2.18. The van der Waals surface area contributed by atoms with Crippen molar-refractivity contribution >= 4 is 27.8 Å². The van der Waals surface area contributed by atoms with Crippen molar-refractivity contribution in [2.75, 3.05) is 7.11 Å². The molecule has 0 atom stereocenters. The van der Waals surface area contributed by atoms with Gasteiger partial charge in [-0.25, -0.2) is 4.79 Å². The first-order valence-electron chi connectivity index (χ1n) is 10.4. The molecule has 0 spiro atoms. The molecule has 0 radical (unpaired) electrons. The smallest absolute Gasteiger partial charge is 0.336 e. The SMILES string of the molecule is COc1ccc2[nH]c(C)c(CC(=O)Oc3ccc4ccc(=O)oc4c3CC=C(C)C)c2c1. The molecule has 0 saturated heterocycles. The molecule has 4 aromatic rings. The molecule has 32 heavy (non-hydrogen) atoms. The molecule has 6 nitrogen and oxygen atoms in total. The van der Waals surface area contributed by atoms with Crippen molar-refractivity contribution in [1.29, 1.82) is 0 Å². The number of esters is 1. The maximum absolute atomic E-state index is 12.9. The van der Waals surface area contributed by atoms with Crippen LogP contribution in [-0.2, 0) is 17.6 Å². The van der Waals surface area contributed by atoms with Gasteiger partial charge in [0.05, 0.1) is 13.5 Å². The van der Waals surface area contributed by atoms with E-state index in [1.165, 1.54) is 6.07 Å². The second-order valence-electron chi connectivity index (χ2n) is 7.99. The Kier molecular flexibility index (Phi) is 5.86. The predicted octanol–water partition coefficient (Wildman–Crippen LogP) is 5.25. The van der Waals surface area contributed by atoms with Crippen LogP contribution in [-0.4, -0.2) is 18.1 Å². The third-order valence-electron chi connectivity index (χ3n) is 5.44. The predicted molar refractivity (Wildman–Crippen MR) is 125 cm³/mol. The molecule has 0 aliphatic heterocycles. The van der Waals surface area contributed by atoms with E-state index in [0.29, 0.717) is 23.3 Å². The van der Waals surface area contributed by atoms with Crippen LogP contribution in [0.5, 0.6) is 11.5 Å². The minimum absolute atomic E-state index is 0.0951. The molecule has 164 valence electrons. The number of nitrogens with one attached hydrogen (secondary N) is 1. The summed E-state index contributed by atoms with van der Waals surface area (Å²) in [7, 11) is 1.61. The second kappa shape index (κ2) is 8.75. The molecule has 6 heteroatoms. The zero-order valence-electron chi connectivity index (χ0n) is 18.6. The zero-order chi connectivity index (χ0) is 22.8. The number of ether oxygens (including phenoxy) is 2. The summed E-state index contributed by atoms with van der Waals surface area (Å²) in [5.74, 6) is 0.719. The van der Waals surface area contributed by atoms with Crippen molar-refractivity contribution in [1.82, 2.24) is 4.98 Å². The van der Waals surface area contributed by atoms with Crippen LogP contribution >= 0.6 is 0 Å². The van der Waals surface area contributed by atoms with Crippen LogP contribution in [0.1, 0.15) is 30.7 Å². The molecule has 0 fully saturated rings. The first-order chi connectivity index (χ1) is 15.4. The van der Waals surface area contributed by atoms with Crippen LogP contribution in [0.4, 0.5) is 0 Å². The molecule has 0 saturated carbocycles. The number of aromatic nitrogens is 1. The molecule has 1 N–H and O–H groups in total. The van der Waals surface area contributed by atoms with Crippen molar-refractivity contribution in [2.45, 2.75) is 33.6 Å². The van der Waals surface area contributed by atoms with Crippen LogP contribution in [0.2, 0.25) is 0 Å². The molecular formula is C26H25NO5. The molecule has 2 aromatic heterocycles. The van der Waals surface area contributed by atoms with Crippen molar-refractivity contribution in [2.24, 2.45) is 0 Å². The Labute approximate surface area is 185 Å². The number of hydrogen-bond donors (Lipinski definition) is 1. The van der Waals surface area contributed by atoms with E-state index >= 15 is 0 Å². The van der Waals surface area contributed by atoms with Gasteiger partial charge in [-0.15, -0.1) is 0 Å². The highest BCUT2D eigenvalue weighted by atomic mass is 16.5. The molecule has 2 aromatic carbocycles. The molecule has 4 rings (SSSR count). The van der Waals surface area contributed by atoms with Gasteiger partial charge in [0.25, 0.3) is 0 Å². The summed E-state index contributed by atoms with van der Waals surface area (Å²) >= 11 is 0. The number of H-pyrrole nitrogens is 1. The number of benzene rings is 2. The number of fused-ring (bicyclic) bond motifs is 2. The Hall–Kier alpha value is -3.80. The van der Waals surface area contributed by atoms with Crippen LogP contribution < -0.4 is 15.1 Å². The monoisotopic (exact) mass is 431 g/mol. The quantitative estimate of drug-likeness (QED) is 0.195. The van der Waals surface area contributed by atoms with Gasteiger partial charge < -0.3 is 18.9 Å². The molecule has 0 bridgehead atoms. The summed E-state index contributed by atoms with van der Waals surface area (Å²) in [4.78, 5) is 28.1. The Morgan fingerprint density at radius 2 is 1.88 bits per heavy atom. The summed E-state index contributed by atoms with van der Waals surface area (Å²) in [6.45, 7) is 5.90. The summed E-state index contributed by atoms with van der Waals surface area (Å²) in [5.41, 5.74) is 4.48. The van der Waals surface area contributed by atoms with Gasteiger partial charge in [0, 0.05) is 33.6 Å². The lowest BCUT2D eigenvalue weighted by Gasteiger charge is -2.11. The number of allylic oxidation sites excluding steroid dienone is 2. The lowest BCUT2D eigenvalue weighted by Crippen LogP contribution is -2.13. The molecular weight excluding hydrogens is 406 g/mol. The maximum atomic E-state index is 12.9. The van der Waals surface area contributed by atoms with E-state index in [4.69, 9.17) is 13.9 Å². The Morgan fingerprint density at radius 1 is 1.09 bits per heavy atom. The number of methoxy groups -OCH3 is 1. The average molecular weight is 431 g/mol. The van der Waals surface area contributed by atoms with Crippen LogP contribution in [0.3, 0.4) is 0 Å². The average Bonchev–Trinajstić information content (AvgIpc) is 3.06. The highest BCUT2D eigenvalue weighted by Crippen LogP contribution is 2.30. The lowest BCUT2D eigenvalue weighted by atomic mass is 10.0. The topological polar surface area (TPSA) is 81.5 Å². The zero-order valence-corrected chi connectivity index (χ0v) is 18.6. The van der Waals surface area contributed by atoms with E-state index in [2.05, 4.69) is 4.98 Å². The fourth-order valence-electron chi connectivity index (χ4n) is 3.79. The van der Waals surface area contributed by atoms with Crippen LogP contribution in [0.15, 0.2) is 63.3 Å². The van der Waals surface area contributed by atoms with Crippen molar-refractivity contribution in [3.8, 4) is 11.5 Å². The Morgan fingerprint density at radius 3 is 2.62 bits per heavy atom. The fourth-order valence-corrected chi connectivity index (χ4v) is 3.79. The van der Waals surface area contributed by atoms with Crippen LogP contribution in [0, 0.1) is 6.92 Å². The van der Waals surface area contributed by atoms with E-state index in [-0.39, 0.29) is 6.42 Å². The van der Waals surface area contributed by atoms with Gasteiger partial charge in [-0.2, -0.15) is 0 Å². The summed E-state index contributed by atoms with van der Waals surface area (Å²) < 4.78 is 16.6. The lowest BCUT2D eigenvalue weighted by molar-refractivity contribution is -0.133. The highest BCUT2D eigenvalue weighted by molar-refractivity contribution is 5.90. The number of hydrogen-bond acceptors (Lipinski definition) is 5. The number of aromatic amines is 1. The van der Waals surface area contributed by atoms with Gasteiger partial charge in [-0.1, -0.05) is 11.6 Å². The van der Waals surface area contributed by atoms with E-state index < -0.39 is 11.6 Å². The van der Waals surface area contributed by atoms with Gasteiger partial charge in [-0.3, -0.25) is 4.79 Å². The normalized spacial score (nSPS) is 11.0. The molecule has 0 aliphatic rings. The number of carbonyl (C=O) groups is 1. The third-order valence-corrected chi connectivity index (χ3v) is 5.44. The standard InChI is InChI=1S/C26H25NO5/c1-15(2)5-9-19-23(11-6-17-7-12-24(28)32-26(17)19)31-25(29)14-20-16(3)27-22-10-8-18(30-4)13-21(20)22/h5-8,10-13,27H,9,14H2,1-4H3. The van der Waals surface area contributed by atoms with Crippen LogP contribution in [0.25, 0.3) is 21.9 Å². The summed E-state index contributed by atoms with van der Waals surface area (Å²) in [5, 5.41) is 1.70.